The van der Waals surface area contributed by atoms with Crippen LogP contribution in [0.2, 0.25) is 0 Å². The first kappa shape index (κ1) is 13.1. The molecule has 0 saturated heterocycles. The summed E-state index contributed by atoms with van der Waals surface area (Å²) in [5.41, 5.74) is 3.14. The zero-order valence-electron chi connectivity index (χ0n) is 11.6. The molecule has 5 nitrogen and oxygen atoms in total. The fourth-order valence-electron chi connectivity index (χ4n) is 2.28. The van der Waals surface area contributed by atoms with Gasteiger partial charge in [0.15, 0.2) is 5.82 Å². The molecule has 3 rings (SSSR count). The Bertz CT molecular complexity index is 760. The van der Waals surface area contributed by atoms with Crippen LogP contribution in [0.4, 0.5) is 0 Å². The third-order valence-corrected chi connectivity index (χ3v) is 3.35. The first-order valence-electron chi connectivity index (χ1n) is 6.44. The number of rotatable bonds is 3. The highest BCUT2D eigenvalue weighted by molar-refractivity contribution is 6.20. The summed E-state index contributed by atoms with van der Waals surface area (Å²) in [7, 11) is 0. The molecule has 1 unspecified atom stereocenters. The number of hydrogen-bond acceptors (Lipinski definition) is 4. The number of imidazole rings is 1. The van der Waals surface area contributed by atoms with E-state index in [2.05, 4.69) is 27.3 Å². The molecule has 20 heavy (non-hydrogen) atoms. The van der Waals surface area contributed by atoms with Gasteiger partial charge in [0.05, 0.1) is 23.0 Å². The number of nitrogens with zero attached hydrogens (tertiary/aromatic N) is 4. The fraction of sp³-hybridized carbons (Fsp3) is 0.357. The molecular formula is C14H15ClN4O. The molecule has 0 bridgehead atoms. The van der Waals surface area contributed by atoms with E-state index in [1.54, 1.807) is 6.92 Å². The molecule has 104 valence electrons. The van der Waals surface area contributed by atoms with Crippen LogP contribution in [0, 0.1) is 13.8 Å². The van der Waals surface area contributed by atoms with Gasteiger partial charge in [-0.3, -0.25) is 0 Å². The minimum absolute atomic E-state index is 0.185. The molecule has 3 aromatic rings. The third kappa shape index (κ3) is 2.29. The van der Waals surface area contributed by atoms with Crippen LogP contribution in [0.1, 0.15) is 35.4 Å². The molecule has 6 heteroatoms. The van der Waals surface area contributed by atoms with Crippen molar-refractivity contribution in [3.05, 3.63) is 41.3 Å². The maximum Gasteiger partial charge on any atom is 0.223 e. The summed E-state index contributed by atoms with van der Waals surface area (Å²) in [6.07, 6.45) is 0. The lowest BCUT2D eigenvalue weighted by molar-refractivity contribution is 0.386. The maximum absolute atomic E-state index is 6.24. The van der Waals surface area contributed by atoms with E-state index in [9.17, 15) is 0 Å². The van der Waals surface area contributed by atoms with Crippen molar-refractivity contribution in [1.29, 1.82) is 0 Å². The van der Waals surface area contributed by atoms with Gasteiger partial charge in [-0.25, -0.2) is 4.98 Å². The van der Waals surface area contributed by atoms with Gasteiger partial charge in [0, 0.05) is 6.92 Å². The summed E-state index contributed by atoms with van der Waals surface area (Å²) >= 11 is 6.24. The summed E-state index contributed by atoms with van der Waals surface area (Å²) in [5, 5.41) is 3.75. The topological polar surface area (TPSA) is 56.7 Å². The Kier molecular flexibility index (Phi) is 3.22. The molecule has 0 aliphatic carbocycles. The molecule has 0 saturated carbocycles. The first-order chi connectivity index (χ1) is 9.54. The van der Waals surface area contributed by atoms with E-state index in [-0.39, 0.29) is 5.38 Å². The molecule has 0 radical (unpaired) electrons. The van der Waals surface area contributed by atoms with Gasteiger partial charge < -0.3 is 9.09 Å². The molecule has 0 fully saturated rings. The average Bonchev–Trinajstić information content (AvgIpc) is 2.94. The van der Waals surface area contributed by atoms with Gasteiger partial charge in [-0.15, -0.1) is 11.6 Å². The minimum atomic E-state index is -0.185. The Hall–Kier alpha value is -1.88. The van der Waals surface area contributed by atoms with Crippen LogP contribution in [-0.4, -0.2) is 19.7 Å². The lowest BCUT2D eigenvalue weighted by Gasteiger charge is -2.07. The van der Waals surface area contributed by atoms with Crippen LogP contribution >= 0.6 is 11.6 Å². The summed E-state index contributed by atoms with van der Waals surface area (Å²) in [5.74, 6) is 2.00. The Balaban J connectivity index is 2.13. The molecular weight excluding hydrogens is 276 g/mol. The quantitative estimate of drug-likeness (QED) is 0.694. The van der Waals surface area contributed by atoms with Crippen molar-refractivity contribution >= 4 is 22.6 Å². The second-order valence-electron chi connectivity index (χ2n) is 4.89. The van der Waals surface area contributed by atoms with Gasteiger partial charge in [-0.1, -0.05) is 11.2 Å². The summed E-state index contributed by atoms with van der Waals surface area (Å²) < 4.78 is 7.06. The van der Waals surface area contributed by atoms with Crippen molar-refractivity contribution in [2.75, 3.05) is 0 Å². The predicted molar refractivity (Wildman–Crippen MR) is 76.9 cm³/mol. The standard InChI is InChI=1S/C14H15ClN4O/c1-8-4-5-12-11(6-8)17-14(9(2)15)19(12)7-13-16-10(3)20-18-13/h4-6,9H,7H2,1-3H3. The van der Waals surface area contributed by atoms with E-state index < -0.39 is 0 Å². The smallest absolute Gasteiger partial charge is 0.223 e. The summed E-state index contributed by atoms with van der Waals surface area (Å²) in [6, 6.07) is 6.16. The number of halogens is 1. The van der Waals surface area contributed by atoms with Gasteiger partial charge >= 0.3 is 0 Å². The van der Waals surface area contributed by atoms with Gasteiger partial charge in [-0.2, -0.15) is 4.98 Å². The number of benzene rings is 1. The molecule has 2 heterocycles. The zero-order chi connectivity index (χ0) is 14.3. The van der Waals surface area contributed by atoms with Crippen LogP contribution in [0.25, 0.3) is 11.0 Å². The maximum atomic E-state index is 6.24. The minimum Gasteiger partial charge on any atom is -0.340 e. The Labute approximate surface area is 121 Å². The average molecular weight is 291 g/mol. The van der Waals surface area contributed by atoms with Crippen LogP contribution in [0.3, 0.4) is 0 Å². The van der Waals surface area contributed by atoms with Crippen molar-refractivity contribution in [2.24, 2.45) is 0 Å². The fourth-order valence-corrected chi connectivity index (χ4v) is 2.44. The summed E-state index contributed by atoms with van der Waals surface area (Å²) in [4.78, 5) is 8.86. The highest BCUT2D eigenvalue weighted by atomic mass is 35.5. The van der Waals surface area contributed by atoms with Crippen molar-refractivity contribution in [3.63, 3.8) is 0 Å². The van der Waals surface area contributed by atoms with Crippen molar-refractivity contribution < 1.29 is 4.52 Å². The number of aryl methyl sites for hydroxylation is 2. The van der Waals surface area contributed by atoms with E-state index in [1.807, 2.05) is 24.5 Å². The molecule has 0 spiro atoms. The van der Waals surface area contributed by atoms with Crippen molar-refractivity contribution in [1.82, 2.24) is 19.7 Å². The monoisotopic (exact) mass is 290 g/mol. The van der Waals surface area contributed by atoms with Crippen molar-refractivity contribution in [2.45, 2.75) is 32.7 Å². The SMILES string of the molecule is Cc1ccc2c(c1)nc(C(C)Cl)n2Cc1noc(C)n1. The molecule has 1 atom stereocenters. The predicted octanol–water partition coefficient (Wildman–Crippen LogP) is 3.38. The second-order valence-corrected chi connectivity index (χ2v) is 5.55. The van der Waals surface area contributed by atoms with E-state index >= 15 is 0 Å². The van der Waals surface area contributed by atoms with Crippen LogP contribution in [0.15, 0.2) is 22.7 Å². The molecule has 0 aliphatic rings. The Morgan fingerprint density at radius 3 is 2.75 bits per heavy atom. The van der Waals surface area contributed by atoms with Crippen LogP contribution < -0.4 is 0 Å². The first-order valence-corrected chi connectivity index (χ1v) is 6.88. The van der Waals surface area contributed by atoms with Crippen molar-refractivity contribution in [3.8, 4) is 0 Å². The van der Waals surface area contributed by atoms with E-state index in [0.717, 1.165) is 16.9 Å². The van der Waals surface area contributed by atoms with Gasteiger partial charge in [0.1, 0.15) is 5.82 Å². The second kappa shape index (κ2) is 4.90. The van der Waals surface area contributed by atoms with Crippen LogP contribution in [-0.2, 0) is 6.54 Å². The highest BCUT2D eigenvalue weighted by Crippen LogP contribution is 2.25. The lowest BCUT2D eigenvalue weighted by Crippen LogP contribution is -2.07. The van der Waals surface area contributed by atoms with Gasteiger partial charge in [0.2, 0.25) is 5.89 Å². The Morgan fingerprint density at radius 2 is 2.10 bits per heavy atom. The molecule has 0 aliphatic heterocycles. The largest absolute Gasteiger partial charge is 0.340 e. The lowest BCUT2D eigenvalue weighted by atomic mass is 10.2. The highest BCUT2D eigenvalue weighted by Gasteiger charge is 2.16. The van der Waals surface area contributed by atoms with Gasteiger partial charge in [0.25, 0.3) is 0 Å². The van der Waals surface area contributed by atoms with E-state index in [4.69, 9.17) is 16.1 Å². The zero-order valence-corrected chi connectivity index (χ0v) is 12.3. The molecule has 2 aromatic heterocycles. The summed E-state index contributed by atoms with van der Waals surface area (Å²) in [6.45, 7) is 6.23. The number of aromatic nitrogens is 4. The number of fused-ring (bicyclic) bond motifs is 1. The molecule has 0 N–H and O–H groups in total. The van der Waals surface area contributed by atoms with E-state index in [0.29, 0.717) is 18.3 Å². The number of alkyl halides is 1. The molecule has 1 aromatic carbocycles. The number of hydrogen-bond donors (Lipinski definition) is 0. The normalized spacial score (nSPS) is 13.0. The van der Waals surface area contributed by atoms with Gasteiger partial charge in [-0.05, 0) is 31.5 Å². The third-order valence-electron chi connectivity index (χ3n) is 3.16. The Morgan fingerprint density at radius 1 is 1.30 bits per heavy atom. The van der Waals surface area contributed by atoms with Crippen LogP contribution in [0.5, 0.6) is 0 Å². The molecule has 0 amide bonds. The van der Waals surface area contributed by atoms with E-state index in [1.165, 1.54) is 5.56 Å².